The zero-order chi connectivity index (χ0) is 12.5. The lowest BCUT2D eigenvalue weighted by molar-refractivity contribution is -0.121. The molecule has 1 aromatic heterocycles. The molecule has 2 aromatic rings. The van der Waals surface area contributed by atoms with E-state index in [2.05, 4.69) is 23.3 Å². The van der Waals surface area contributed by atoms with Crippen LogP contribution in [0.1, 0.15) is 25.3 Å². The highest BCUT2D eigenvalue weighted by molar-refractivity contribution is 5.88. The molecule has 1 aromatic carbocycles. The number of carbonyl (C=O) groups is 1. The van der Waals surface area contributed by atoms with Crippen LogP contribution in [0.4, 0.5) is 0 Å². The fraction of sp³-hybridized carbons (Fsp3) is 0.400. The van der Waals surface area contributed by atoms with Crippen molar-refractivity contribution in [1.82, 2.24) is 10.3 Å². The highest BCUT2D eigenvalue weighted by Crippen LogP contribution is 2.32. The average molecular weight is 242 g/mol. The molecule has 18 heavy (non-hydrogen) atoms. The zero-order valence-electron chi connectivity index (χ0n) is 10.6. The molecule has 1 heterocycles. The zero-order valence-corrected chi connectivity index (χ0v) is 10.6. The van der Waals surface area contributed by atoms with Gasteiger partial charge in [0.2, 0.25) is 5.91 Å². The molecule has 0 aliphatic heterocycles. The molecule has 94 valence electrons. The maximum Gasteiger partial charge on any atom is 0.224 e. The minimum atomic E-state index is 0.124. The number of fused-ring (bicyclic) bond motifs is 1. The largest absolute Gasteiger partial charge is 0.361 e. The summed E-state index contributed by atoms with van der Waals surface area (Å²) in [5.74, 6) is 0.830. The van der Waals surface area contributed by atoms with Crippen molar-refractivity contribution in [3.63, 3.8) is 0 Å². The lowest BCUT2D eigenvalue weighted by Gasteiger charge is -2.12. The van der Waals surface area contributed by atoms with Crippen LogP contribution in [0.5, 0.6) is 0 Å². The van der Waals surface area contributed by atoms with Crippen molar-refractivity contribution >= 4 is 16.8 Å². The van der Waals surface area contributed by atoms with Crippen LogP contribution in [0.25, 0.3) is 10.9 Å². The molecule has 1 aliphatic rings. The van der Waals surface area contributed by atoms with Crippen LogP contribution in [0.2, 0.25) is 0 Å². The monoisotopic (exact) mass is 242 g/mol. The van der Waals surface area contributed by atoms with Crippen LogP contribution in [0.15, 0.2) is 30.5 Å². The quantitative estimate of drug-likeness (QED) is 0.850. The normalized spacial score (nSPS) is 16.7. The van der Waals surface area contributed by atoms with Crippen molar-refractivity contribution in [3.8, 4) is 0 Å². The number of aromatic amines is 1. The van der Waals surface area contributed by atoms with Gasteiger partial charge in [-0.25, -0.2) is 0 Å². The van der Waals surface area contributed by atoms with Gasteiger partial charge in [0.05, 0.1) is 6.42 Å². The Balaban J connectivity index is 1.69. The topological polar surface area (TPSA) is 44.9 Å². The molecule has 3 heteroatoms. The lowest BCUT2D eigenvalue weighted by atomic mass is 10.1. The van der Waals surface area contributed by atoms with Gasteiger partial charge in [0.15, 0.2) is 0 Å². The molecule has 1 unspecified atom stereocenters. The van der Waals surface area contributed by atoms with Crippen LogP contribution in [0, 0.1) is 5.92 Å². The molecule has 1 fully saturated rings. The summed E-state index contributed by atoms with van der Waals surface area (Å²) >= 11 is 0. The van der Waals surface area contributed by atoms with Gasteiger partial charge in [-0.05, 0) is 37.3 Å². The highest BCUT2D eigenvalue weighted by atomic mass is 16.1. The summed E-state index contributed by atoms with van der Waals surface area (Å²) in [7, 11) is 0. The number of aromatic nitrogens is 1. The van der Waals surface area contributed by atoms with Crippen molar-refractivity contribution in [1.29, 1.82) is 0 Å². The summed E-state index contributed by atoms with van der Waals surface area (Å²) in [5, 5.41) is 4.24. The smallest absolute Gasteiger partial charge is 0.224 e. The van der Waals surface area contributed by atoms with Gasteiger partial charge in [-0.2, -0.15) is 0 Å². The van der Waals surface area contributed by atoms with E-state index in [0.29, 0.717) is 18.4 Å². The molecule has 0 saturated heterocycles. The second-order valence-corrected chi connectivity index (χ2v) is 5.23. The van der Waals surface area contributed by atoms with Gasteiger partial charge < -0.3 is 10.3 Å². The molecule has 3 nitrogen and oxygen atoms in total. The third kappa shape index (κ3) is 2.26. The van der Waals surface area contributed by atoms with Crippen LogP contribution >= 0.6 is 0 Å². The number of hydrogen-bond donors (Lipinski definition) is 2. The Hall–Kier alpha value is -1.77. The number of hydrogen-bond acceptors (Lipinski definition) is 1. The molecule has 1 atom stereocenters. The Morgan fingerprint density at radius 2 is 2.22 bits per heavy atom. The standard InChI is InChI=1S/C15H18N2O/c1-10(11-6-7-11)17-15(18)8-12-9-16-14-5-3-2-4-13(12)14/h2-5,9-11,16H,6-8H2,1H3,(H,17,18). The third-order valence-electron chi connectivity index (χ3n) is 3.74. The van der Waals surface area contributed by atoms with Crippen LogP contribution in [-0.2, 0) is 11.2 Å². The van der Waals surface area contributed by atoms with Gasteiger partial charge in [-0.1, -0.05) is 18.2 Å². The molecule has 1 amide bonds. The molecule has 0 radical (unpaired) electrons. The maximum atomic E-state index is 12.0. The lowest BCUT2D eigenvalue weighted by Crippen LogP contribution is -2.35. The summed E-state index contributed by atoms with van der Waals surface area (Å²) < 4.78 is 0. The van der Waals surface area contributed by atoms with Crippen LogP contribution in [-0.4, -0.2) is 16.9 Å². The number of para-hydroxylation sites is 1. The number of H-pyrrole nitrogens is 1. The highest BCUT2D eigenvalue weighted by Gasteiger charge is 2.28. The Bertz CT molecular complexity index is 569. The van der Waals surface area contributed by atoms with E-state index in [1.165, 1.54) is 12.8 Å². The summed E-state index contributed by atoms with van der Waals surface area (Å²) in [4.78, 5) is 15.2. The number of nitrogens with one attached hydrogen (secondary N) is 2. The second kappa shape index (κ2) is 4.48. The molecule has 3 rings (SSSR count). The van der Waals surface area contributed by atoms with Crippen LogP contribution < -0.4 is 5.32 Å². The number of benzene rings is 1. The average Bonchev–Trinajstić information content (AvgIpc) is 3.14. The Morgan fingerprint density at radius 3 is 3.00 bits per heavy atom. The number of rotatable bonds is 4. The molecular formula is C15H18N2O. The van der Waals surface area contributed by atoms with Crippen molar-refractivity contribution in [2.45, 2.75) is 32.2 Å². The van der Waals surface area contributed by atoms with Crippen LogP contribution in [0.3, 0.4) is 0 Å². The second-order valence-electron chi connectivity index (χ2n) is 5.23. The van der Waals surface area contributed by atoms with E-state index >= 15 is 0 Å². The van der Waals surface area contributed by atoms with E-state index in [4.69, 9.17) is 0 Å². The third-order valence-corrected chi connectivity index (χ3v) is 3.74. The Morgan fingerprint density at radius 1 is 1.44 bits per heavy atom. The van der Waals surface area contributed by atoms with Gasteiger partial charge in [-0.15, -0.1) is 0 Å². The summed E-state index contributed by atoms with van der Waals surface area (Å²) in [6.45, 7) is 2.10. The van der Waals surface area contributed by atoms with Gasteiger partial charge in [0, 0.05) is 23.1 Å². The molecule has 1 saturated carbocycles. The molecule has 2 N–H and O–H groups in total. The van der Waals surface area contributed by atoms with E-state index < -0.39 is 0 Å². The van der Waals surface area contributed by atoms with Gasteiger partial charge in [0.1, 0.15) is 0 Å². The van der Waals surface area contributed by atoms with Crippen molar-refractivity contribution in [3.05, 3.63) is 36.0 Å². The maximum absolute atomic E-state index is 12.0. The fourth-order valence-electron chi connectivity index (χ4n) is 2.47. The number of amides is 1. The predicted octanol–water partition coefficient (Wildman–Crippen LogP) is 2.63. The minimum absolute atomic E-state index is 0.124. The first-order valence-electron chi connectivity index (χ1n) is 6.58. The summed E-state index contributed by atoms with van der Waals surface area (Å²) in [6.07, 6.45) is 4.91. The van der Waals surface area contributed by atoms with Crippen molar-refractivity contribution in [2.24, 2.45) is 5.92 Å². The summed E-state index contributed by atoms with van der Waals surface area (Å²) in [5.41, 5.74) is 2.17. The van der Waals surface area contributed by atoms with Crippen molar-refractivity contribution in [2.75, 3.05) is 0 Å². The van der Waals surface area contributed by atoms with E-state index in [0.717, 1.165) is 16.5 Å². The van der Waals surface area contributed by atoms with E-state index in [-0.39, 0.29) is 5.91 Å². The first-order chi connectivity index (χ1) is 8.74. The van der Waals surface area contributed by atoms with Gasteiger partial charge in [-0.3, -0.25) is 4.79 Å². The molecular weight excluding hydrogens is 224 g/mol. The van der Waals surface area contributed by atoms with E-state index in [9.17, 15) is 4.79 Å². The molecule has 0 spiro atoms. The molecule has 0 bridgehead atoms. The fourth-order valence-corrected chi connectivity index (χ4v) is 2.47. The molecule has 1 aliphatic carbocycles. The predicted molar refractivity (Wildman–Crippen MR) is 72.3 cm³/mol. The summed E-state index contributed by atoms with van der Waals surface area (Å²) in [6, 6.07) is 8.41. The van der Waals surface area contributed by atoms with E-state index in [1.54, 1.807) is 0 Å². The van der Waals surface area contributed by atoms with E-state index in [1.807, 2.05) is 24.4 Å². The number of carbonyl (C=O) groups excluding carboxylic acids is 1. The SMILES string of the molecule is CC(NC(=O)Cc1c[nH]c2ccccc12)C1CC1. The Labute approximate surface area is 107 Å². The Kier molecular flexibility index (Phi) is 2.82. The van der Waals surface area contributed by atoms with Gasteiger partial charge >= 0.3 is 0 Å². The van der Waals surface area contributed by atoms with Crippen molar-refractivity contribution < 1.29 is 4.79 Å². The minimum Gasteiger partial charge on any atom is -0.361 e. The first kappa shape index (κ1) is 11.3. The first-order valence-corrected chi connectivity index (χ1v) is 6.58. The van der Waals surface area contributed by atoms with Gasteiger partial charge in [0.25, 0.3) is 0 Å².